The van der Waals surface area contributed by atoms with Crippen LogP contribution in [0.4, 0.5) is 0 Å². The minimum atomic E-state index is -4.02. The van der Waals surface area contributed by atoms with Crippen LogP contribution in [0.5, 0.6) is 0 Å². The first-order valence-corrected chi connectivity index (χ1v) is 7.52. The lowest BCUT2D eigenvalue weighted by atomic mass is 10.5. The fraction of sp³-hybridized carbons (Fsp3) is 0.600. The molecule has 1 aromatic rings. The van der Waals surface area contributed by atoms with Gasteiger partial charge in [-0.25, -0.2) is 8.42 Å². The van der Waals surface area contributed by atoms with Crippen molar-refractivity contribution in [1.82, 2.24) is 19.0 Å². The fourth-order valence-electron chi connectivity index (χ4n) is 1.56. The molecular formula is C10H17ClN4O4S. The van der Waals surface area contributed by atoms with Crippen molar-refractivity contribution in [2.45, 2.75) is 5.03 Å². The lowest BCUT2D eigenvalue weighted by Crippen LogP contribution is -2.40. The number of rotatable bonds is 7. The maximum absolute atomic E-state index is 12.5. The van der Waals surface area contributed by atoms with Gasteiger partial charge in [-0.15, -0.1) is 0 Å². The predicted octanol–water partition coefficient (Wildman–Crippen LogP) is -0.290. The van der Waals surface area contributed by atoms with Crippen molar-refractivity contribution in [1.29, 1.82) is 0 Å². The first-order chi connectivity index (χ1) is 9.16. The Kier molecular flexibility index (Phi) is 5.51. The van der Waals surface area contributed by atoms with E-state index in [2.05, 4.69) is 5.10 Å². The molecule has 0 aliphatic rings. The zero-order chi connectivity index (χ0) is 15.5. The summed E-state index contributed by atoms with van der Waals surface area (Å²) in [5.41, 5.74) is 0. The third-order valence-electron chi connectivity index (χ3n) is 2.53. The van der Waals surface area contributed by atoms with E-state index in [0.29, 0.717) is 6.54 Å². The molecule has 0 radical (unpaired) electrons. The lowest BCUT2D eigenvalue weighted by Gasteiger charge is -2.22. The van der Waals surface area contributed by atoms with E-state index >= 15 is 0 Å². The standard InChI is InChI=1S/C10H17ClN4O4S/c1-13(2)4-5-15(7-9(16)17)20(18,19)10-8(11)6-12-14(10)3/h6H,4-5,7H2,1-3H3,(H,16,17). The molecule has 0 aliphatic carbocycles. The normalized spacial score (nSPS) is 12.3. The third-order valence-corrected chi connectivity index (χ3v) is 4.89. The largest absolute Gasteiger partial charge is 0.480 e. The first-order valence-electron chi connectivity index (χ1n) is 5.70. The maximum atomic E-state index is 12.5. The van der Waals surface area contributed by atoms with Crippen molar-refractivity contribution in [2.75, 3.05) is 33.7 Å². The zero-order valence-corrected chi connectivity index (χ0v) is 13.0. The van der Waals surface area contributed by atoms with Gasteiger partial charge in [-0.05, 0) is 14.1 Å². The number of hydrogen-bond donors (Lipinski definition) is 1. The van der Waals surface area contributed by atoms with Gasteiger partial charge in [-0.2, -0.15) is 9.40 Å². The topological polar surface area (TPSA) is 95.7 Å². The Hall–Kier alpha value is -1.16. The van der Waals surface area contributed by atoms with Crippen LogP contribution in [-0.2, 0) is 21.9 Å². The highest BCUT2D eigenvalue weighted by Gasteiger charge is 2.31. The number of halogens is 1. The van der Waals surface area contributed by atoms with E-state index in [4.69, 9.17) is 16.7 Å². The first kappa shape index (κ1) is 16.9. The summed E-state index contributed by atoms with van der Waals surface area (Å²) < 4.78 is 27.0. The van der Waals surface area contributed by atoms with Crippen molar-refractivity contribution in [3.8, 4) is 0 Å². The minimum Gasteiger partial charge on any atom is -0.480 e. The third kappa shape index (κ3) is 3.92. The SMILES string of the molecule is CN(C)CCN(CC(=O)O)S(=O)(=O)c1c(Cl)cnn1C. The van der Waals surface area contributed by atoms with E-state index in [1.807, 2.05) is 0 Å². The molecule has 0 fully saturated rings. The molecule has 0 atom stereocenters. The summed E-state index contributed by atoms with van der Waals surface area (Å²) in [6.07, 6.45) is 1.21. The Bertz CT molecular complexity index is 565. The molecule has 0 bridgehead atoms. The van der Waals surface area contributed by atoms with Crippen LogP contribution in [0, 0.1) is 0 Å². The summed E-state index contributed by atoms with van der Waals surface area (Å²) in [5, 5.41) is 12.4. The van der Waals surface area contributed by atoms with Gasteiger partial charge in [0.2, 0.25) is 0 Å². The van der Waals surface area contributed by atoms with Gasteiger partial charge in [0.1, 0.15) is 6.54 Å². The molecule has 8 nitrogen and oxygen atoms in total. The van der Waals surface area contributed by atoms with Crippen LogP contribution in [0.15, 0.2) is 11.2 Å². The number of aliphatic carboxylic acids is 1. The van der Waals surface area contributed by atoms with Gasteiger partial charge >= 0.3 is 5.97 Å². The maximum Gasteiger partial charge on any atom is 0.318 e. The molecule has 0 aliphatic heterocycles. The van der Waals surface area contributed by atoms with Gasteiger partial charge in [0.05, 0.1) is 11.2 Å². The summed E-state index contributed by atoms with van der Waals surface area (Å²) in [6.45, 7) is -0.192. The lowest BCUT2D eigenvalue weighted by molar-refractivity contribution is -0.137. The van der Waals surface area contributed by atoms with E-state index in [1.165, 1.54) is 13.2 Å². The van der Waals surface area contributed by atoms with E-state index < -0.39 is 22.5 Å². The van der Waals surface area contributed by atoms with Crippen molar-refractivity contribution >= 4 is 27.6 Å². The molecule has 114 valence electrons. The Morgan fingerprint density at radius 1 is 1.45 bits per heavy atom. The van der Waals surface area contributed by atoms with Gasteiger partial charge in [0.25, 0.3) is 10.0 Å². The second-order valence-corrected chi connectivity index (χ2v) is 6.72. The predicted molar refractivity (Wildman–Crippen MR) is 73.2 cm³/mol. The fourth-order valence-corrected chi connectivity index (χ4v) is 3.54. The average molecular weight is 325 g/mol. The molecule has 0 amide bonds. The highest BCUT2D eigenvalue weighted by Crippen LogP contribution is 2.23. The summed E-state index contributed by atoms with van der Waals surface area (Å²) >= 11 is 5.83. The minimum absolute atomic E-state index is 0.0345. The van der Waals surface area contributed by atoms with Crippen LogP contribution in [0.25, 0.3) is 0 Å². The molecule has 0 saturated carbocycles. The van der Waals surface area contributed by atoms with Crippen LogP contribution in [0.2, 0.25) is 5.02 Å². The Balaban J connectivity index is 3.14. The summed E-state index contributed by atoms with van der Waals surface area (Å²) in [7, 11) is 0.952. The molecule has 0 spiro atoms. The van der Waals surface area contributed by atoms with Crippen LogP contribution >= 0.6 is 11.6 Å². The second kappa shape index (κ2) is 6.53. The number of carboxylic acid groups (broad SMARTS) is 1. The van der Waals surface area contributed by atoms with Gasteiger partial charge in [0, 0.05) is 20.1 Å². The number of hydrogen-bond acceptors (Lipinski definition) is 5. The van der Waals surface area contributed by atoms with Crippen LogP contribution in [0.3, 0.4) is 0 Å². The molecule has 0 saturated heterocycles. The quantitative estimate of drug-likeness (QED) is 0.740. The molecule has 0 unspecified atom stereocenters. The number of sulfonamides is 1. The van der Waals surface area contributed by atoms with Crippen molar-refractivity contribution in [2.24, 2.45) is 7.05 Å². The summed E-state index contributed by atoms with van der Waals surface area (Å²) in [4.78, 5) is 12.6. The number of likely N-dealkylation sites (N-methyl/N-ethyl adjacent to an activating group) is 1. The molecule has 1 heterocycles. The summed E-state index contributed by atoms with van der Waals surface area (Å²) in [5.74, 6) is -1.23. The molecule has 1 rings (SSSR count). The van der Waals surface area contributed by atoms with E-state index in [1.54, 1.807) is 19.0 Å². The van der Waals surface area contributed by atoms with Gasteiger partial charge < -0.3 is 10.0 Å². The molecular weight excluding hydrogens is 308 g/mol. The van der Waals surface area contributed by atoms with Gasteiger partial charge in [-0.1, -0.05) is 11.6 Å². The molecule has 1 aromatic heterocycles. The Labute approximate surface area is 122 Å². The van der Waals surface area contributed by atoms with Crippen molar-refractivity contribution in [3.63, 3.8) is 0 Å². The Morgan fingerprint density at radius 3 is 2.45 bits per heavy atom. The van der Waals surface area contributed by atoms with Crippen LogP contribution in [0.1, 0.15) is 0 Å². The van der Waals surface area contributed by atoms with E-state index in [0.717, 1.165) is 8.99 Å². The highest BCUT2D eigenvalue weighted by molar-refractivity contribution is 7.89. The monoisotopic (exact) mass is 324 g/mol. The second-order valence-electron chi connectivity index (χ2n) is 4.46. The van der Waals surface area contributed by atoms with E-state index in [-0.39, 0.29) is 16.6 Å². The molecule has 0 aromatic carbocycles. The highest BCUT2D eigenvalue weighted by atomic mass is 35.5. The molecule has 1 N–H and O–H groups in total. The number of carbonyl (C=O) groups is 1. The number of carboxylic acids is 1. The average Bonchev–Trinajstić information content (AvgIpc) is 2.63. The van der Waals surface area contributed by atoms with Crippen LogP contribution in [-0.4, -0.2) is 72.2 Å². The molecule has 10 heteroatoms. The van der Waals surface area contributed by atoms with Crippen LogP contribution < -0.4 is 0 Å². The van der Waals surface area contributed by atoms with Crippen molar-refractivity contribution < 1.29 is 18.3 Å². The van der Waals surface area contributed by atoms with Gasteiger partial charge in [0.15, 0.2) is 5.03 Å². The molecule has 20 heavy (non-hydrogen) atoms. The van der Waals surface area contributed by atoms with Gasteiger partial charge in [-0.3, -0.25) is 9.48 Å². The number of nitrogens with zero attached hydrogens (tertiary/aromatic N) is 4. The number of aromatic nitrogens is 2. The summed E-state index contributed by atoms with van der Waals surface area (Å²) in [6, 6.07) is 0. The van der Waals surface area contributed by atoms with Crippen molar-refractivity contribution in [3.05, 3.63) is 11.2 Å². The number of aryl methyl sites for hydroxylation is 1. The zero-order valence-electron chi connectivity index (χ0n) is 11.4. The smallest absolute Gasteiger partial charge is 0.318 e. The Morgan fingerprint density at radius 2 is 2.05 bits per heavy atom. The van der Waals surface area contributed by atoms with E-state index in [9.17, 15) is 13.2 Å².